The molecule has 0 bridgehead atoms. The second kappa shape index (κ2) is 10.2. The molecule has 8 heteroatoms. The van der Waals surface area contributed by atoms with Gasteiger partial charge in [-0.1, -0.05) is 18.2 Å². The molecule has 0 saturated carbocycles. The Balaban J connectivity index is 1.54. The summed E-state index contributed by atoms with van der Waals surface area (Å²) < 4.78 is 12.3. The third-order valence-electron chi connectivity index (χ3n) is 6.36. The van der Waals surface area contributed by atoms with Crippen LogP contribution in [0.25, 0.3) is 5.69 Å². The van der Waals surface area contributed by atoms with Crippen molar-refractivity contribution in [3.05, 3.63) is 114 Å². The number of ether oxygens (including phenoxy) is 2. The zero-order chi connectivity index (χ0) is 25.1. The van der Waals surface area contributed by atoms with Crippen molar-refractivity contribution in [2.45, 2.75) is 18.6 Å². The molecule has 2 aromatic heterocycles. The zero-order valence-corrected chi connectivity index (χ0v) is 20.8. The van der Waals surface area contributed by atoms with E-state index in [0.29, 0.717) is 17.2 Å². The highest BCUT2D eigenvalue weighted by Gasteiger charge is 2.41. The minimum Gasteiger partial charge on any atom is -0.497 e. The molecule has 0 radical (unpaired) electrons. The van der Waals surface area contributed by atoms with Crippen LogP contribution < -0.4 is 10.1 Å². The lowest BCUT2D eigenvalue weighted by Gasteiger charge is -2.29. The van der Waals surface area contributed by atoms with Crippen molar-refractivity contribution >= 4 is 23.3 Å². The summed E-state index contributed by atoms with van der Waals surface area (Å²) in [7, 11) is 3.04. The van der Waals surface area contributed by atoms with Crippen LogP contribution in [-0.2, 0) is 11.3 Å². The smallest absolute Gasteiger partial charge is 0.337 e. The van der Waals surface area contributed by atoms with Gasteiger partial charge in [0.25, 0.3) is 0 Å². The molecule has 5 rings (SSSR count). The van der Waals surface area contributed by atoms with Crippen LogP contribution >= 0.6 is 12.2 Å². The fourth-order valence-electron chi connectivity index (χ4n) is 4.57. The first-order chi connectivity index (χ1) is 17.6. The topological polar surface area (TPSA) is 68.6 Å². The summed E-state index contributed by atoms with van der Waals surface area (Å²) in [5, 5.41) is 4.17. The molecule has 2 unspecified atom stereocenters. The van der Waals surface area contributed by atoms with Gasteiger partial charge < -0.3 is 24.3 Å². The normalized spacial score (nSPS) is 17.1. The number of thiocarbonyl (C=S) groups is 1. The quantitative estimate of drug-likeness (QED) is 0.289. The first-order valence-corrected chi connectivity index (χ1v) is 12.0. The third-order valence-corrected chi connectivity index (χ3v) is 6.71. The Morgan fingerprint density at radius 1 is 1.00 bits per heavy atom. The number of carbonyl (C=O) groups is 1. The predicted molar refractivity (Wildman–Crippen MR) is 141 cm³/mol. The number of rotatable bonds is 7. The Morgan fingerprint density at radius 3 is 2.44 bits per heavy atom. The SMILES string of the molecule is COC(=O)c1ccc(-n2cccc2C2C(c3ccccn3)NC(=S)N2Cc2ccc(OC)cc2)cc1. The number of methoxy groups -OCH3 is 2. The average Bonchev–Trinajstić information content (AvgIpc) is 3.53. The number of hydrogen-bond acceptors (Lipinski definition) is 5. The van der Waals surface area contributed by atoms with E-state index in [0.717, 1.165) is 28.4 Å². The van der Waals surface area contributed by atoms with E-state index in [4.69, 9.17) is 21.7 Å². The lowest BCUT2D eigenvalue weighted by molar-refractivity contribution is 0.0600. The Bertz CT molecular complexity index is 1350. The number of hydrogen-bond donors (Lipinski definition) is 1. The number of nitrogens with one attached hydrogen (secondary N) is 1. The number of aromatic nitrogens is 2. The molecule has 1 aliphatic heterocycles. The number of nitrogens with zero attached hydrogens (tertiary/aromatic N) is 3. The molecule has 0 spiro atoms. The van der Waals surface area contributed by atoms with Gasteiger partial charge in [0.1, 0.15) is 5.75 Å². The molecule has 0 amide bonds. The highest BCUT2D eigenvalue weighted by Crippen LogP contribution is 2.40. The van der Waals surface area contributed by atoms with E-state index in [-0.39, 0.29) is 18.1 Å². The number of benzene rings is 2. The summed E-state index contributed by atoms with van der Waals surface area (Å²) in [6, 6.07) is 25.2. The summed E-state index contributed by atoms with van der Waals surface area (Å²) >= 11 is 5.84. The van der Waals surface area contributed by atoms with E-state index in [1.165, 1.54) is 7.11 Å². The molecule has 1 aliphatic rings. The van der Waals surface area contributed by atoms with Gasteiger partial charge in [0.05, 0.1) is 37.6 Å². The molecule has 0 aliphatic carbocycles. The molecule has 4 aromatic rings. The first-order valence-electron chi connectivity index (χ1n) is 11.6. The van der Waals surface area contributed by atoms with Crippen LogP contribution in [0.3, 0.4) is 0 Å². The Kier molecular flexibility index (Phi) is 6.69. The Labute approximate surface area is 215 Å². The van der Waals surface area contributed by atoms with Gasteiger partial charge >= 0.3 is 5.97 Å². The second-order valence-corrected chi connectivity index (χ2v) is 8.83. The van der Waals surface area contributed by atoms with Crippen molar-refractivity contribution in [1.82, 2.24) is 19.8 Å². The summed E-state index contributed by atoms with van der Waals surface area (Å²) in [5.41, 5.74) is 4.52. The van der Waals surface area contributed by atoms with Crippen LogP contribution in [0, 0.1) is 0 Å². The summed E-state index contributed by atoms with van der Waals surface area (Å²) in [4.78, 5) is 18.7. The minimum absolute atomic E-state index is 0.121. The van der Waals surface area contributed by atoms with Gasteiger partial charge in [0.15, 0.2) is 5.11 Å². The van der Waals surface area contributed by atoms with Gasteiger partial charge in [-0.2, -0.15) is 0 Å². The highest BCUT2D eigenvalue weighted by atomic mass is 32.1. The van der Waals surface area contributed by atoms with Crippen LogP contribution in [0.2, 0.25) is 0 Å². The van der Waals surface area contributed by atoms with Crippen molar-refractivity contribution in [2.75, 3.05) is 14.2 Å². The van der Waals surface area contributed by atoms with E-state index in [1.807, 2.05) is 54.7 Å². The van der Waals surface area contributed by atoms with E-state index < -0.39 is 0 Å². The molecule has 7 nitrogen and oxygen atoms in total. The molecule has 2 aromatic carbocycles. The maximum absolute atomic E-state index is 11.9. The van der Waals surface area contributed by atoms with Crippen LogP contribution in [0.5, 0.6) is 5.75 Å². The fraction of sp³-hybridized carbons (Fsp3) is 0.179. The summed E-state index contributed by atoms with van der Waals surface area (Å²) in [6.45, 7) is 0.621. The molecule has 182 valence electrons. The zero-order valence-electron chi connectivity index (χ0n) is 20.0. The highest BCUT2D eigenvalue weighted by molar-refractivity contribution is 7.80. The van der Waals surface area contributed by atoms with Crippen molar-refractivity contribution in [1.29, 1.82) is 0 Å². The van der Waals surface area contributed by atoms with Crippen molar-refractivity contribution in [2.24, 2.45) is 0 Å². The maximum atomic E-state index is 11.9. The first kappa shape index (κ1) is 23.6. The summed E-state index contributed by atoms with van der Waals surface area (Å²) in [5.74, 6) is 0.452. The number of carbonyl (C=O) groups excluding carboxylic acids is 1. The van der Waals surface area contributed by atoms with Crippen molar-refractivity contribution < 1.29 is 14.3 Å². The van der Waals surface area contributed by atoms with Gasteiger partial charge in [0, 0.05) is 30.3 Å². The van der Waals surface area contributed by atoms with Gasteiger partial charge in [-0.15, -0.1) is 0 Å². The van der Waals surface area contributed by atoms with Crippen LogP contribution in [-0.4, -0.2) is 39.8 Å². The largest absolute Gasteiger partial charge is 0.497 e. The molecule has 1 saturated heterocycles. The molecular weight excluding hydrogens is 472 g/mol. The van der Waals surface area contributed by atoms with Crippen molar-refractivity contribution in [3.8, 4) is 11.4 Å². The minimum atomic E-state index is -0.361. The van der Waals surface area contributed by atoms with Crippen LogP contribution in [0.4, 0.5) is 0 Å². The lowest BCUT2D eigenvalue weighted by atomic mass is 10.0. The van der Waals surface area contributed by atoms with Gasteiger partial charge in [-0.25, -0.2) is 4.79 Å². The van der Waals surface area contributed by atoms with E-state index in [9.17, 15) is 4.79 Å². The van der Waals surface area contributed by atoms with E-state index >= 15 is 0 Å². The molecule has 1 N–H and O–H groups in total. The predicted octanol–water partition coefficient (Wildman–Crippen LogP) is 4.84. The van der Waals surface area contributed by atoms with Gasteiger partial charge in [-0.3, -0.25) is 4.98 Å². The average molecular weight is 499 g/mol. The Morgan fingerprint density at radius 2 is 1.78 bits per heavy atom. The fourth-order valence-corrected chi connectivity index (χ4v) is 4.88. The molecule has 2 atom stereocenters. The lowest BCUT2D eigenvalue weighted by Crippen LogP contribution is -2.30. The maximum Gasteiger partial charge on any atom is 0.337 e. The van der Waals surface area contributed by atoms with Gasteiger partial charge in [-0.05, 0) is 78.4 Å². The molecule has 36 heavy (non-hydrogen) atoms. The van der Waals surface area contributed by atoms with Crippen LogP contribution in [0.1, 0.15) is 39.4 Å². The Hall–Kier alpha value is -4.17. The summed E-state index contributed by atoms with van der Waals surface area (Å²) in [6.07, 6.45) is 3.82. The third kappa shape index (κ3) is 4.55. The molecular formula is C28H26N4O3S. The van der Waals surface area contributed by atoms with Gasteiger partial charge in [0.2, 0.25) is 0 Å². The van der Waals surface area contributed by atoms with Crippen molar-refractivity contribution in [3.63, 3.8) is 0 Å². The van der Waals surface area contributed by atoms with E-state index in [1.54, 1.807) is 25.4 Å². The molecule has 1 fully saturated rings. The monoisotopic (exact) mass is 498 g/mol. The van der Waals surface area contributed by atoms with E-state index in [2.05, 4.69) is 38.0 Å². The molecule has 3 heterocycles. The number of pyridine rings is 1. The number of esters is 1. The van der Waals surface area contributed by atoms with Crippen LogP contribution in [0.15, 0.2) is 91.3 Å². The standard InChI is InChI=1S/C28H26N4O3S/c1-34-22-14-8-19(9-15-22)18-32-26(25(30-28(32)36)23-6-3-4-16-29-23)24-7-5-17-31(24)21-12-10-20(11-13-21)27(33)35-2/h3-17,25-26H,18H2,1-2H3,(H,30,36). The second-order valence-electron chi connectivity index (χ2n) is 8.44.